The molecule has 2 aromatic rings. The van der Waals surface area contributed by atoms with Crippen molar-refractivity contribution in [2.45, 2.75) is 25.5 Å². The molecule has 1 unspecified atom stereocenters. The predicted octanol–water partition coefficient (Wildman–Crippen LogP) is 2.09. The number of nitrogens with one attached hydrogen (secondary N) is 2. The van der Waals surface area contributed by atoms with Crippen LogP contribution in [0.2, 0.25) is 0 Å². The molecular weight excluding hydrogens is 327 g/mol. The molecule has 4 nitrogen and oxygen atoms in total. The molecular formula is C18H22FN2O2S+. The lowest BCUT2D eigenvalue weighted by molar-refractivity contribution is -0.908. The molecule has 24 heavy (non-hydrogen) atoms. The minimum atomic E-state index is -0.309. The molecule has 0 radical (unpaired) electrons. The maximum atomic E-state index is 12.9. The van der Waals surface area contributed by atoms with E-state index in [2.05, 4.69) is 16.8 Å². The molecule has 0 spiro atoms. The number of hydrogen-bond acceptors (Lipinski definition) is 3. The highest BCUT2D eigenvalue weighted by Crippen LogP contribution is 2.11. The van der Waals surface area contributed by atoms with E-state index in [1.54, 1.807) is 23.5 Å². The van der Waals surface area contributed by atoms with Gasteiger partial charge in [-0.15, -0.1) is 11.3 Å². The van der Waals surface area contributed by atoms with Gasteiger partial charge < -0.3 is 15.0 Å². The average molecular weight is 349 g/mol. The summed E-state index contributed by atoms with van der Waals surface area (Å²) in [5.41, 5.74) is 0.619. The number of ether oxygens (including phenoxy) is 1. The largest absolute Gasteiger partial charge is 0.372 e. The van der Waals surface area contributed by atoms with Crippen molar-refractivity contribution in [1.82, 2.24) is 0 Å². The number of halogens is 1. The number of hydrogen-bond donors (Lipinski definition) is 2. The summed E-state index contributed by atoms with van der Waals surface area (Å²) in [6.07, 6.45) is 2.39. The molecule has 2 atom stereocenters. The fraction of sp³-hybridized carbons (Fsp3) is 0.389. The van der Waals surface area contributed by atoms with Crippen LogP contribution in [0.5, 0.6) is 0 Å². The van der Waals surface area contributed by atoms with Crippen molar-refractivity contribution in [1.29, 1.82) is 0 Å². The molecule has 1 aliphatic heterocycles. The minimum Gasteiger partial charge on any atom is -0.372 e. The van der Waals surface area contributed by atoms with Crippen molar-refractivity contribution in [3.63, 3.8) is 0 Å². The van der Waals surface area contributed by atoms with Gasteiger partial charge in [0.15, 0.2) is 6.54 Å². The SMILES string of the molecule is O=C(C[NH+](Cc1cccs1)C[C@H]1CCCO1)Nc1ccc(F)cc1. The molecule has 1 aliphatic rings. The Labute approximate surface area is 145 Å². The first-order valence-corrected chi connectivity index (χ1v) is 9.10. The first-order chi connectivity index (χ1) is 11.7. The second-order valence-corrected chi connectivity index (χ2v) is 7.11. The summed E-state index contributed by atoms with van der Waals surface area (Å²) in [4.78, 5) is 14.8. The maximum absolute atomic E-state index is 12.9. The first kappa shape index (κ1) is 17.1. The number of benzene rings is 1. The van der Waals surface area contributed by atoms with Gasteiger partial charge in [-0.25, -0.2) is 4.39 Å². The van der Waals surface area contributed by atoms with E-state index in [4.69, 9.17) is 4.74 Å². The van der Waals surface area contributed by atoms with Gasteiger partial charge in [0.1, 0.15) is 25.0 Å². The molecule has 1 fully saturated rings. The molecule has 3 rings (SSSR count). The van der Waals surface area contributed by atoms with Crippen LogP contribution in [0.1, 0.15) is 17.7 Å². The molecule has 128 valence electrons. The van der Waals surface area contributed by atoms with Crippen LogP contribution in [-0.4, -0.2) is 31.7 Å². The Bertz CT molecular complexity index is 640. The lowest BCUT2D eigenvalue weighted by atomic mass is 10.2. The number of thiophene rings is 1. The third-order valence-electron chi connectivity index (χ3n) is 4.08. The van der Waals surface area contributed by atoms with Crippen LogP contribution in [-0.2, 0) is 16.1 Å². The van der Waals surface area contributed by atoms with Crippen molar-refractivity contribution < 1.29 is 18.8 Å². The summed E-state index contributed by atoms with van der Waals surface area (Å²) in [6.45, 7) is 2.83. The van der Waals surface area contributed by atoms with Crippen LogP contribution in [0, 0.1) is 5.82 Å². The monoisotopic (exact) mass is 349 g/mol. The fourth-order valence-electron chi connectivity index (χ4n) is 2.96. The van der Waals surface area contributed by atoms with E-state index in [1.165, 1.54) is 21.9 Å². The molecule has 1 aromatic carbocycles. The van der Waals surface area contributed by atoms with E-state index in [-0.39, 0.29) is 17.8 Å². The summed E-state index contributed by atoms with van der Waals surface area (Å²) >= 11 is 1.71. The number of anilines is 1. The van der Waals surface area contributed by atoms with Gasteiger partial charge in [-0.3, -0.25) is 4.79 Å². The van der Waals surface area contributed by atoms with E-state index in [1.807, 2.05) is 6.07 Å². The van der Waals surface area contributed by atoms with Crippen molar-refractivity contribution >= 4 is 22.9 Å². The van der Waals surface area contributed by atoms with Gasteiger partial charge in [-0.05, 0) is 48.6 Å². The van der Waals surface area contributed by atoms with Crippen LogP contribution in [0.4, 0.5) is 10.1 Å². The van der Waals surface area contributed by atoms with E-state index in [0.29, 0.717) is 12.2 Å². The van der Waals surface area contributed by atoms with Gasteiger partial charge in [0, 0.05) is 12.3 Å². The predicted molar refractivity (Wildman–Crippen MR) is 92.7 cm³/mol. The smallest absolute Gasteiger partial charge is 0.279 e. The summed E-state index contributed by atoms with van der Waals surface area (Å²) in [7, 11) is 0. The lowest BCUT2D eigenvalue weighted by Crippen LogP contribution is -3.12. The third kappa shape index (κ3) is 5.12. The van der Waals surface area contributed by atoms with Gasteiger partial charge in [0.2, 0.25) is 0 Å². The second kappa shape index (κ2) is 8.37. The molecule has 2 heterocycles. The van der Waals surface area contributed by atoms with Crippen LogP contribution in [0.25, 0.3) is 0 Å². The van der Waals surface area contributed by atoms with Crippen LogP contribution >= 0.6 is 11.3 Å². The molecule has 0 saturated carbocycles. The van der Waals surface area contributed by atoms with Crippen LogP contribution in [0.3, 0.4) is 0 Å². The van der Waals surface area contributed by atoms with Crippen molar-refractivity contribution in [3.8, 4) is 0 Å². The second-order valence-electron chi connectivity index (χ2n) is 6.08. The molecule has 1 saturated heterocycles. The molecule has 1 amide bonds. The highest BCUT2D eigenvalue weighted by molar-refractivity contribution is 7.09. The van der Waals surface area contributed by atoms with Crippen LogP contribution < -0.4 is 10.2 Å². The molecule has 0 aliphatic carbocycles. The zero-order valence-electron chi connectivity index (χ0n) is 13.5. The van der Waals surface area contributed by atoms with Crippen molar-refractivity contribution in [2.75, 3.05) is 25.0 Å². The molecule has 6 heteroatoms. The Hall–Kier alpha value is -1.76. The molecule has 1 aromatic heterocycles. The average Bonchev–Trinajstić information content (AvgIpc) is 3.23. The summed E-state index contributed by atoms with van der Waals surface area (Å²) in [6, 6.07) is 9.97. The zero-order chi connectivity index (χ0) is 16.8. The Morgan fingerprint density at radius 2 is 2.17 bits per heavy atom. The van der Waals surface area contributed by atoms with Crippen LogP contribution in [0.15, 0.2) is 41.8 Å². The topological polar surface area (TPSA) is 42.8 Å². The Kier molecular flexibility index (Phi) is 5.96. The number of quaternary nitrogens is 1. The summed E-state index contributed by atoms with van der Waals surface area (Å²) < 4.78 is 18.7. The third-order valence-corrected chi connectivity index (χ3v) is 4.96. The number of amides is 1. The van der Waals surface area contributed by atoms with Gasteiger partial charge >= 0.3 is 0 Å². The molecule has 0 bridgehead atoms. The number of rotatable bonds is 7. The van der Waals surface area contributed by atoms with Gasteiger partial charge in [-0.1, -0.05) is 6.07 Å². The summed E-state index contributed by atoms with van der Waals surface area (Å²) in [5, 5.41) is 4.89. The van der Waals surface area contributed by atoms with E-state index < -0.39 is 0 Å². The first-order valence-electron chi connectivity index (χ1n) is 8.22. The zero-order valence-corrected chi connectivity index (χ0v) is 14.3. The quantitative estimate of drug-likeness (QED) is 0.804. The maximum Gasteiger partial charge on any atom is 0.279 e. The standard InChI is InChI=1S/C18H21FN2O2S/c19-14-5-7-15(8-6-14)20-18(22)13-21(11-16-3-1-9-23-16)12-17-4-2-10-24-17/h2,4-8,10,16H,1,3,9,11-13H2,(H,20,22)/p+1/t16-/m1/s1. The Morgan fingerprint density at radius 3 is 2.83 bits per heavy atom. The lowest BCUT2D eigenvalue weighted by Gasteiger charge is -2.21. The minimum absolute atomic E-state index is 0.0637. The van der Waals surface area contributed by atoms with E-state index in [0.717, 1.165) is 32.5 Å². The normalized spacial score (nSPS) is 18.5. The number of carbonyl (C=O) groups is 1. The molecule has 2 N–H and O–H groups in total. The number of carbonyl (C=O) groups excluding carboxylic acids is 1. The fourth-order valence-corrected chi connectivity index (χ4v) is 3.74. The van der Waals surface area contributed by atoms with E-state index >= 15 is 0 Å². The highest BCUT2D eigenvalue weighted by atomic mass is 32.1. The summed E-state index contributed by atoms with van der Waals surface area (Å²) in [5.74, 6) is -0.373. The Balaban J connectivity index is 1.58. The van der Waals surface area contributed by atoms with Crippen molar-refractivity contribution in [3.05, 3.63) is 52.5 Å². The highest BCUT2D eigenvalue weighted by Gasteiger charge is 2.24. The van der Waals surface area contributed by atoms with Crippen molar-refractivity contribution in [2.24, 2.45) is 0 Å². The van der Waals surface area contributed by atoms with Gasteiger partial charge in [0.25, 0.3) is 5.91 Å². The van der Waals surface area contributed by atoms with Gasteiger partial charge in [0.05, 0.1) is 4.88 Å². The van der Waals surface area contributed by atoms with Gasteiger partial charge in [-0.2, -0.15) is 0 Å². The Morgan fingerprint density at radius 1 is 1.33 bits per heavy atom. The van der Waals surface area contributed by atoms with E-state index in [9.17, 15) is 9.18 Å².